The number of carbonyl (C=O) groups excluding carboxylic acids is 2. The molecule has 8 nitrogen and oxygen atoms in total. The molecular formula is C31H24N4O4S2. The summed E-state index contributed by atoms with van der Waals surface area (Å²) in [6.45, 7) is 1.96. The molecule has 0 aliphatic heterocycles. The highest BCUT2D eigenvalue weighted by Gasteiger charge is 2.24. The molecule has 1 aromatic heterocycles. The van der Waals surface area contributed by atoms with E-state index in [0.717, 1.165) is 16.0 Å². The Labute approximate surface area is 244 Å². The molecule has 1 unspecified atom stereocenters. The van der Waals surface area contributed by atoms with Crippen molar-refractivity contribution in [3.05, 3.63) is 135 Å². The van der Waals surface area contributed by atoms with Crippen LogP contribution in [0, 0.1) is 17.0 Å². The van der Waals surface area contributed by atoms with Crippen LogP contribution in [0.2, 0.25) is 0 Å². The molecule has 10 heteroatoms. The zero-order valence-electron chi connectivity index (χ0n) is 21.8. The molecule has 204 valence electrons. The fourth-order valence-electron chi connectivity index (χ4n) is 4.01. The maximum absolute atomic E-state index is 13.6. The maximum Gasteiger partial charge on any atom is 0.270 e. The summed E-state index contributed by atoms with van der Waals surface area (Å²) in [6.07, 6.45) is 0. The van der Waals surface area contributed by atoms with E-state index >= 15 is 0 Å². The predicted octanol–water partition coefficient (Wildman–Crippen LogP) is 7.75. The molecule has 2 N–H and O–H groups in total. The first kappa shape index (κ1) is 27.8. The van der Waals surface area contributed by atoms with Crippen LogP contribution in [0.15, 0.2) is 113 Å². The molecule has 2 amide bonds. The molecular weight excluding hydrogens is 556 g/mol. The SMILES string of the molecule is Cc1ccc(C(=O)Nc2cccc(SC(C(=O)Nc3nc(-c4cccc([N+](=O)[O-])c4)cs3)c3ccccc3)c2)cc1. The number of thioether (sulfide) groups is 1. The Morgan fingerprint density at radius 1 is 0.902 bits per heavy atom. The summed E-state index contributed by atoms with van der Waals surface area (Å²) in [5.41, 5.74) is 4.16. The van der Waals surface area contributed by atoms with E-state index in [-0.39, 0.29) is 17.5 Å². The lowest BCUT2D eigenvalue weighted by atomic mass is 10.1. The number of aromatic nitrogens is 1. The van der Waals surface area contributed by atoms with Crippen molar-refractivity contribution in [1.82, 2.24) is 4.98 Å². The van der Waals surface area contributed by atoms with Gasteiger partial charge >= 0.3 is 0 Å². The molecule has 0 saturated carbocycles. The first-order valence-electron chi connectivity index (χ1n) is 12.6. The third-order valence-electron chi connectivity index (χ3n) is 6.09. The summed E-state index contributed by atoms with van der Waals surface area (Å²) in [4.78, 5) is 42.3. The van der Waals surface area contributed by atoms with E-state index in [0.29, 0.717) is 27.6 Å². The van der Waals surface area contributed by atoms with Gasteiger partial charge in [-0.2, -0.15) is 0 Å². The van der Waals surface area contributed by atoms with Gasteiger partial charge in [0.05, 0.1) is 10.6 Å². The lowest BCUT2D eigenvalue weighted by molar-refractivity contribution is -0.384. The van der Waals surface area contributed by atoms with Gasteiger partial charge in [0.2, 0.25) is 5.91 Å². The van der Waals surface area contributed by atoms with Crippen LogP contribution in [-0.4, -0.2) is 21.7 Å². The molecule has 0 saturated heterocycles. The van der Waals surface area contributed by atoms with Crippen LogP contribution in [0.4, 0.5) is 16.5 Å². The number of nitro benzene ring substituents is 1. The van der Waals surface area contributed by atoms with Gasteiger partial charge < -0.3 is 10.6 Å². The van der Waals surface area contributed by atoms with E-state index < -0.39 is 10.2 Å². The molecule has 1 atom stereocenters. The molecule has 0 aliphatic carbocycles. The number of hydrogen-bond donors (Lipinski definition) is 2. The average Bonchev–Trinajstić information content (AvgIpc) is 3.45. The highest BCUT2D eigenvalue weighted by molar-refractivity contribution is 8.00. The summed E-state index contributed by atoms with van der Waals surface area (Å²) < 4.78 is 0. The number of carbonyl (C=O) groups is 2. The van der Waals surface area contributed by atoms with Crippen LogP contribution in [0.3, 0.4) is 0 Å². The second kappa shape index (κ2) is 12.6. The van der Waals surface area contributed by atoms with Gasteiger partial charge in [-0.05, 0) is 42.8 Å². The summed E-state index contributed by atoms with van der Waals surface area (Å²) in [5.74, 6) is -0.483. The van der Waals surface area contributed by atoms with Crippen LogP contribution in [0.1, 0.15) is 26.7 Å². The van der Waals surface area contributed by atoms with Crippen LogP contribution >= 0.6 is 23.1 Å². The Morgan fingerprint density at radius 3 is 2.41 bits per heavy atom. The lowest BCUT2D eigenvalue weighted by Gasteiger charge is -2.17. The van der Waals surface area contributed by atoms with Crippen molar-refractivity contribution in [3.8, 4) is 11.3 Å². The minimum Gasteiger partial charge on any atom is -0.322 e. The van der Waals surface area contributed by atoms with Gasteiger partial charge in [0, 0.05) is 39.2 Å². The molecule has 0 fully saturated rings. The molecule has 5 rings (SSSR count). The van der Waals surface area contributed by atoms with Crippen LogP contribution in [0.25, 0.3) is 11.3 Å². The maximum atomic E-state index is 13.6. The number of nitrogens with zero attached hydrogens (tertiary/aromatic N) is 2. The highest BCUT2D eigenvalue weighted by Crippen LogP contribution is 2.38. The van der Waals surface area contributed by atoms with Crippen LogP contribution in [0.5, 0.6) is 0 Å². The molecule has 5 aromatic rings. The second-order valence-electron chi connectivity index (χ2n) is 9.09. The Morgan fingerprint density at radius 2 is 1.66 bits per heavy atom. The number of nitro groups is 1. The van der Waals surface area contributed by atoms with Crippen molar-refractivity contribution in [2.45, 2.75) is 17.1 Å². The van der Waals surface area contributed by atoms with Gasteiger partial charge in [-0.3, -0.25) is 19.7 Å². The van der Waals surface area contributed by atoms with Crippen LogP contribution < -0.4 is 10.6 Å². The standard InChI is InChI=1S/C31H24N4O4S2/c1-20-13-15-22(16-14-20)29(36)32-24-10-6-12-26(18-24)41-28(21-7-3-2-4-8-21)30(37)34-31-33-27(19-40-31)23-9-5-11-25(17-23)35(38)39/h2-19,28H,1H3,(H,32,36)(H,33,34,37). The zero-order valence-corrected chi connectivity index (χ0v) is 23.4. The molecule has 0 bridgehead atoms. The predicted molar refractivity (Wildman–Crippen MR) is 163 cm³/mol. The van der Waals surface area contributed by atoms with Gasteiger partial charge in [-0.15, -0.1) is 23.1 Å². The highest BCUT2D eigenvalue weighted by atomic mass is 32.2. The van der Waals surface area contributed by atoms with Gasteiger partial charge in [-0.1, -0.05) is 66.2 Å². The van der Waals surface area contributed by atoms with Crippen molar-refractivity contribution in [2.24, 2.45) is 0 Å². The number of aryl methyl sites for hydroxylation is 1. The number of benzene rings is 4. The van der Waals surface area contributed by atoms with Crippen LogP contribution in [-0.2, 0) is 4.79 Å². The second-order valence-corrected chi connectivity index (χ2v) is 11.1. The number of amides is 2. The molecule has 0 radical (unpaired) electrons. The van der Waals surface area contributed by atoms with Gasteiger partial charge in [0.25, 0.3) is 11.6 Å². The Bertz CT molecular complexity index is 1710. The summed E-state index contributed by atoms with van der Waals surface area (Å²) in [5, 5.41) is 18.5. The molecule has 0 aliphatic rings. The zero-order chi connectivity index (χ0) is 28.8. The average molecular weight is 581 g/mol. The van der Waals surface area contributed by atoms with E-state index in [1.165, 1.54) is 35.2 Å². The quantitative estimate of drug-likeness (QED) is 0.105. The van der Waals surface area contributed by atoms with Crippen molar-refractivity contribution >= 4 is 51.4 Å². The van der Waals surface area contributed by atoms with E-state index in [1.54, 1.807) is 35.7 Å². The summed E-state index contributed by atoms with van der Waals surface area (Å²) >= 11 is 2.60. The van der Waals surface area contributed by atoms with Crippen molar-refractivity contribution < 1.29 is 14.5 Å². The Balaban J connectivity index is 1.33. The fourth-order valence-corrected chi connectivity index (χ4v) is 5.81. The third-order valence-corrected chi connectivity index (χ3v) is 8.09. The minimum absolute atomic E-state index is 0.0288. The van der Waals surface area contributed by atoms with Crippen molar-refractivity contribution in [1.29, 1.82) is 0 Å². The van der Waals surface area contributed by atoms with Gasteiger partial charge in [0.1, 0.15) is 5.25 Å². The molecule has 41 heavy (non-hydrogen) atoms. The first-order chi connectivity index (χ1) is 19.9. The number of rotatable bonds is 9. The molecule has 0 spiro atoms. The largest absolute Gasteiger partial charge is 0.322 e. The molecule has 1 heterocycles. The van der Waals surface area contributed by atoms with Crippen molar-refractivity contribution in [2.75, 3.05) is 10.6 Å². The van der Waals surface area contributed by atoms with E-state index in [1.807, 2.05) is 67.6 Å². The van der Waals surface area contributed by atoms with Gasteiger partial charge in [-0.25, -0.2) is 4.98 Å². The number of non-ortho nitro benzene ring substituents is 1. The number of nitrogens with one attached hydrogen (secondary N) is 2. The number of anilines is 2. The van der Waals surface area contributed by atoms with Crippen molar-refractivity contribution in [3.63, 3.8) is 0 Å². The number of thiazole rings is 1. The van der Waals surface area contributed by atoms with E-state index in [9.17, 15) is 19.7 Å². The lowest BCUT2D eigenvalue weighted by Crippen LogP contribution is -2.19. The van der Waals surface area contributed by atoms with E-state index in [2.05, 4.69) is 15.6 Å². The fraction of sp³-hybridized carbons (Fsp3) is 0.0645. The Kier molecular flexibility index (Phi) is 8.52. The first-order valence-corrected chi connectivity index (χ1v) is 14.3. The van der Waals surface area contributed by atoms with E-state index in [4.69, 9.17) is 0 Å². The Hall–Kier alpha value is -4.80. The summed E-state index contributed by atoms with van der Waals surface area (Å²) in [7, 11) is 0. The third kappa shape index (κ3) is 7.05. The topological polar surface area (TPSA) is 114 Å². The molecule has 4 aromatic carbocycles. The normalized spacial score (nSPS) is 11.4. The minimum atomic E-state index is -0.607. The number of hydrogen-bond acceptors (Lipinski definition) is 7. The summed E-state index contributed by atoms with van der Waals surface area (Å²) in [6, 6.07) is 30.3. The smallest absolute Gasteiger partial charge is 0.270 e. The monoisotopic (exact) mass is 580 g/mol. The van der Waals surface area contributed by atoms with Gasteiger partial charge in [0.15, 0.2) is 5.13 Å².